The number of morpholine rings is 1. The van der Waals surface area contributed by atoms with Crippen LogP contribution in [-0.2, 0) is 16.1 Å². The number of nitrogens with zero attached hydrogens (tertiary/aromatic N) is 3. The number of hydrogen-bond acceptors (Lipinski definition) is 6. The maximum atomic E-state index is 14.7. The van der Waals surface area contributed by atoms with E-state index in [0.717, 1.165) is 16.6 Å². The Morgan fingerprint density at radius 3 is 2.81 bits per heavy atom. The quantitative estimate of drug-likeness (QED) is 0.348. The predicted octanol–water partition coefficient (Wildman–Crippen LogP) is 3.61. The summed E-state index contributed by atoms with van der Waals surface area (Å²) in [5.74, 6) is -0.134. The third-order valence-electron chi connectivity index (χ3n) is 4.93. The standard InChI is InChI=1S/C23H24FN5O2S/c1-16(25)14-23(27-21-6-2-5-20-18(21)4-3-9-26-20)28-32(30)17-7-8-22(19(24)15-17)29-10-12-31-13-11-29/h2-9,14-15H,10-13,25H2,1H3,(H,27,28). The van der Waals surface area contributed by atoms with Gasteiger partial charge in [0.1, 0.15) is 11.4 Å². The van der Waals surface area contributed by atoms with E-state index < -0.39 is 17.2 Å². The number of aromatic nitrogens is 1. The molecule has 166 valence electrons. The molecule has 1 aliphatic rings. The molecule has 1 atom stereocenters. The summed E-state index contributed by atoms with van der Waals surface area (Å²) in [6.07, 6.45) is 3.31. The summed E-state index contributed by atoms with van der Waals surface area (Å²) in [5, 5.41) is 4.06. The fourth-order valence-electron chi connectivity index (χ4n) is 3.45. The van der Waals surface area contributed by atoms with E-state index in [1.54, 1.807) is 31.3 Å². The SMILES string of the molecule is CC(N)=CC(=N[S+]([O-])c1ccc(N2CCOCC2)c(F)c1)Nc1cccc2ncccc12. The predicted molar refractivity (Wildman–Crippen MR) is 127 cm³/mol. The number of fused-ring (bicyclic) bond motifs is 1. The highest BCUT2D eigenvalue weighted by molar-refractivity contribution is 7.90. The van der Waals surface area contributed by atoms with Crippen LogP contribution in [0, 0.1) is 5.82 Å². The number of rotatable bonds is 5. The molecule has 2 heterocycles. The largest absolute Gasteiger partial charge is 0.586 e. The number of ether oxygens (including phenoxy) is 1. The van der Waals surface area contributed by atoms with Gasteiger partial charge in [-0.2, -0.15) is 0 Å². The number of pyridine rings is 1. The van der Waals surface area contributed by atoms with Gasteiger partial charge in [-0.15, -0.1) is 0 Å². The second-order valence-corrected chi connectivity index (χ2v) is 8.48. The number of nitrogens with one attached hydrogen (secondary N) is 1. The Morgan fingerprint density at radius 1 is 1.25 bits per heavy atom. The van der Waals surface area contributed by atoms with Crippen molar-refractivity contribution in [2.24, 2.45) is 10.1 Å². The molecule has 1 aromatic heterocycles. The van der Waals surface area contributed by atoms with Gasteiger partial charge in [0.2, 0.25) is 0 Å². The summed E-state index contributed by atoms with van der Waals surface area (Å²) >= 11 is -1.83. The van der Waals surface area contributed by atoms with Crippen molar-refractivity contribution in [3.05, 3.63) is 72.3 Å². The molecule has 0 amide bonds. The molecule has 9 heteroatoms. The van der Waals surface area contributed by atoms with E-state index >= 15 is 0 Å². The zero-order valence-electron chi connectivity index (χ0n) is 17.6. The Bertz CT molecular complexity index is 1150. The first-order valence-corrected chi connectivity index (χ1v) is 11.3. The topological polar surface area (TPSA) is 98.8 Å². The van der Waals surface area contributed by atoms with Gasteiger partial charge in [0.15, 0.2) is 16.5 Å². The lowest BCUT2D eigenvalue weighted by molar-refractivity contribution is 0.122. The smallest absolute Gasteiger partial charge is 0.185 e. The first kappa shape index (κ1) is 22.1. The van der Waals surface area contributed by atoms with Crippen molar-refractivity contribution in [2.45, 2.75) is 11.8 Å². The highest BCUT2D eigenvalue weighted by atomic mass is 32.2. The van der Waals surface area contributed by atoms with Gasteiger partial charge < -0.3 is 25.2 Å². The van der Waals surface area contributed by atoms with Crippen LogP contribution in [0.5, 0.6) is 0 Å². The van der Waals surface area contributed by atoms with Crippen LogP contribution in [0.3, 0.4) is 0 Å². The number of nitrogens with two attached hydrogens (primary N) is 1. The van der Waals surface area contributed by atoms with E-state index in [0.29, 0.717) is 43.5 Å². The molecule has 3 N–H and O–H groups in total. The van der Waals surface area contributed by atoms with Crippen molar-refractivity contribution in [3.63, 3.8) is 0 Å². The molecule has 1 unspecified atom stereocenters. The van der Waals surface area contributed by atoms with Gasteiger partial charge in [0, 0.05) is 48.2 Å². The monoisotopic (exact) mass is 453 g/mol. The minimum absolute atomic E-state index is 0.265. The Labute approximate surface area is 189 Å². The average Bonchev–Trinajstić information content (AvgIpc) is 2.79. The molecule has 1 fully saturated rings. The molecule has 32 heavy (non-hydrogen) atoms. The second kappa shape index (κ2) is 9.99. The molecule has 2 aromatic carbocycles. The Hall–Kier alpha value is -3.14. The third kappa shape index (κ3) is 5.18. The fourth-order valence-corrected chi connectivity index (χ4v) is 4.22. The van der Waals surface area contributed by atoms with Gasteiger partial charge in [0.25, 0.3) is 0 Å². The fraction of sp³-hybridized carbons (Fsp3) is 0.217. The number of halogens is 1. The zero-order valence-corrected chi connectivity index (χ0v) is 18.4. The molecule has 0 spiro atoms. The van der Waals surface area contributed by atoms with Crippen LogP contribution in [0.25, 0.3) is 10.9 Å². The first-order valence-electron chi connectivity index (χ1n) is 10.2. The molecule has 1 aliphatic heterocycles. The Kier molecular flexibility index (Phi) is 6.89. The lowest BCUT2D eigenvalue weighted by Crippen LogP contribution is -2.36. The van der Waals surface area contributed by atoms with E-state index in [4.69, 9.17) is 10.5 Å². The van der Waals surface area contributed by atoms with Crippen molar-refractivity contribution in [1.29, 1.82) is 0 Å². The van der Waals surface area contributed by atoms with Crippen LogP contribution in [-0.4, -0.2) is 41.7 Å². The van der Waals surface area contributed by atoms with E-state index in [1.165, 1.54) is 6.07 Å². The summed E-state index contributed by atoms with van der Waals surface area (Å²) in [4.78, 5) is 6.52. The van der Waals surface area contributed by atoms with Crippen LogP contribution < -0.4 is 16.0 Å². The second-order valence-electron chi connectivity index (χ2n) is 7.33. The minimum atomic E-state index is -1.83. The van der Waals surface area contributed by atoms with Gasteiger partial charge in [-0.1, -0.05) is 6.07 Å². The molecule has 0 radical (unpaired) electrons. The number of benzene rings is 2. The average molecular weight is 454 g/mol. The van der Waals surface area contributed by atoms with Gasteiger partial charge in [-0.3, -0.25) is 4.98 Å². The van der Waals surface area contributed by atoms with Crippen LogP contribution in [0.4, 0.5) is 15.8 Å². The molecular formula is C23H24FN5O2S. The van der Waals surface area contributed by atoms with E-state index in [1.807, 2.05) is 35.2 Å². The molecule has 0 aliphatic carbocycles. The minimum Gasteiger partial charge on any atom is -0.586 e. The number of anilines is 2. The van der Waals surface area contributed by atoms with Crippen LogP contribution >= 0.6 is 0 Å². The van der Waals surface area contributed by atoms with E-state index in [-0.39, 0.29) is 4.90 Å². The van der Waals surface area contributed by atoms with Crippen LogP contribution in [0.15, 0.2) is 75.8 Å². The molecule has 3 aromatic rings. The molecule has 7 nitrogen and oxygen atoms in total. The van der Waals surface area contributed by atoms with Crippen molar-refractivity contribution in [2.75, 3.05) is 36.5 Å². The molecule has 0 saturated carbocycles. The summed E-state index contributed by atoms with van der Waals surface area (Å²) < 4.78 is 37.3. The Balaban J connectivity index is 1.60. The van der Waals surface area contributed by atoms with Crippen LogP contribution in [0.1, 0.15) is 6.92 Å². The highest BCUT2D eigenvalue weighted by Crippen LogP contribution is 2.25. The molecule has 1 saturated heterocycles. The van der Waals surface area contributed by atoms with Crippen molar-refractivity contribution < 1.29 is 13.7 Å². The Morgan fingerprint density at radius 2 is 2.06 bits per heavy atom. The number of allylic oxidation sites excluding steroid dienone is 1. The molecular weight excluding hydrogens is 429 g/mol. The van der Waals surface area contributed by atoms with Gasteiger partial charge in [-0.05, 0) is 47.7 Å². The van der Waals surface area contributed by atoms with Crippen LogP contribution in [0.2, 0.25) is 0 Å². The third-order valence-corrected chi connectivity index (χ3v) is 5.95. The molecule has 0 bridgehead atoms. The van der Waals surface area contributed by atoms with E-state index in [9.17, 15) is 8.94 Å². The van der Waals surface area contributed by atoms with Crippen molar-refractivity contribution in [1.82, 2.24) is 4.98 Å². The summed E-state index contributed by atoms with van der Waals surface area (Å²) in [6.45, 7) is 4.06. The first-order chi connectivity index (χ1) is 15.5. The van der Waals surface area contributed by atoms with Crippen molar-refractivity contribution in [3.8, 4) is 0 Å². The maximum Gasteiger partial charge on any atom is 0.185 e. The zero-order chi connectivity index (χ0) is 22.5. The summed E-state index contributed by atoms with van der Waals surface area (Å²) in [6, 6.07) is 13.9. The number of hydrogen-bond donors (Lipinski definition) is 2. The highest BCUT2D eigenvalue weighted by Gasteiger charge is 2.20. The molecule has 4 rings (SSSR count). The maximum absolute atomic E-state index is 14.7. The normalized spacial score (nSPS) is 16.3. The summed E-state index contributed by atoms with van der Waals surface area (Å²) in [7, 11) is 0. The van der Waals surface area contributed by atoms with Gasteiger partial charge >= 0.3 is 0 Å². The van der Waals surface area contributed by atoms with E-state index in [2.05, 4.69) is 14.7 Å². The lowest BCUT2D eigenvalue weighted by atomic mass is 10.2. The van der Waals surface area contributed by atoms with Gasteiger partial charge in [-0.25, -0.2) is 4.39 Å². The number of amidine groups is 1. The van der Waals surface area contributed by atoms with Gasteiger partial charge in [0.05, 0.1) is 24.4 Å². The summed E-state index contributed by atoms with van der Waals surface area (Å²) in [5.41, 5.74) is 8.37. The van der Waals surface area contributed by atoms with Crippen molar-refractivity contribution >= 4 is 39.5 Å². The lowest BCUT2D eigenvalue weighted by Gasteiger charge is -2.29.